The van der Waals surface area contributed by atoms with Crippen LogP contribution < -0.4 is 22.2 Å². The van der Waals surface area contributed by atoms with Gasteiger partial charge in [0.1, 0.15) is 5.75 Å². The van der Waals surface area contributed by atoms with Crippen LogP contribution in [0.15, 0.2) is 36.2 Å². The van der Waals surface area contributed by atoms with E-state index >= 15 is 0 Å². The van der Waals surface area contributed by atoms with Crippen LogP contribution in [0, 0.1) is 0 Å². The number of nitrogens with zero attached hydrogens (tertiary/aromatic N) is 2. The van der Waals surface area contributed by atoms with Crippen LogP contribution in [0.3, 0.4) is 0 Å². The predicted molar refractivity (Wildman–Crippen MR) is 159 cm³/mol. The Kier molecular flexibility index (Phi) is 28.7. The summed E-state index contributed by atoms with van der Waals surface area (Å²) in [5, 5.41) is 33.2. The van der Waals surface area contributed by atoms with Crippen molar-refractivity contribution in [3.8, 4) is 5.75 Å². The maximum Gasteiger partial charge on any atom is 0.170 e. The third kappa shape index (κ3) is 28.6. The largest absolute Gasteiger partial charge is 0.508 e. The Bertz CT molecular complexity index is 713. The Morgan fingerprint density at radius 2 is 1.49 bits per heavy atom. The lowest BCUT2D eigenvalue weighted by atomic mass is 10.2. The highest BCUT2D eigenvalue weighted by atomic mass is 32.1. The number of nitrogens with two attached hydrogens (primary N) is 2. The van der Waals surface area contributed by atoms with Crippen molar-refractivity contribution in [3.05, 3.63) is 36.2 Å². The molecule has 1 rings (SSSR count). The van der Waals surface area contributed by atoms with E-state index in [-0.39, 0.29) is 17.5 Å². The number of phenols is 1. The van der Waals surface area contributed by atoms with Gasteiger partial charge in [0, 0.05) is 37.3 Å². The fourth-order valence-corrected chi connectivity index (χ4v) is 2.79. The number of hydrogen-bond donors (Lipinski definition) is 7. The molecule has 9 N–H and O–H groups in total. The minimum Gasteiger partial charge on any atom is -0.508 e. The maximum absolute atomic E-state index is 9.28. The normalized spacial score (nSPS) is 10.7. The molecular formula is C26H52N6O6S. The van der Waals surface area contributed by atoms with Crippen molar-refractivity contribution in [3.63, 3.8) is 0 Å². The number of hydrazine groups is 1. The highest BCUT2D eigenvalue weighted by molar-refractivity contribution is 7.80. The van der Waals surface area contributed by atoms with Gasteiger partial charge < -0.3 is 40.7 Å². The van der Waals surface area contributed by atoms with E-state index in [2.05, 4.69) is 17.6 Å². The molecule has 13 heteroatoms. The summed E-state index contributed by atoms with van der Waals surface area (Å²) >= 11 is 5.25. The zero-order valence-corrected chi connectivity index (χ0v) is 24.9. The molecule has 0 aliphatic carbocycles. The first-order valence-electron chi connectivity index (χ1n) is 13.5. The van der Waals surface area contributed by atoms with Crippen LogP contribution in [0.4, 0.5) is 5.69 Å². The number of thiocarbonyl (C=S) groups is 1. The van der Waals surface area contributed by atoms with Gasteiger partial charge in [-0.3, -0.25) is 10.4 Å². The number of phenolic OH excluding ortho intramolecular Hbond substituents is 1. The van der Waals surface area contributed by atoms with E-state index in [1.54, 1.807) is 42.4 Å². The zero-order valence-electron chi connectivity index (χ0n) is 24.1. The minimum atomic E-state index is 0.125. The number of hydroxylamine groups is 2. The number of aromatic hydroxyl groups is 1. The van der Waals surface area contributed by atoms with Gasteiger partial charge in [-0.1, -0.05) is 26.0 Å². The number of unbranched alkanes of at least 4 members (excludes halogenated alkanes) is 1. The van der Waals surface area contributed by atoms with Gasteiger partial charge in [-0.2, -0.15) is 0 Å². The molecule has 0 atom stereocenters. The van der Waals surface area contributed by atoms with Gasteiger partial charge in [0.2, 0.25) is 0 Å². The number of nitrogens with one attached hydrogen (secondary N) is 2. The van der Waals surface area contributed by atoms with Crippen molar-refractivity contribution in [2.24, 2.45) is 11.6 Å². The molecule has 0 amide bonds. The SMILES string of the molecule is CC.CCCOCCOCCOCCN(N)/C=C(\N)CCCCNC(=S)Nc1ccc(O)cc1.CCN(O)O. The molecule has 0 aliphatic heterocycles. The van der Waals surface area contributed by atoms with Crippen LogP contribution in [0.25, 0.3) is 0 Å². The summed E-state index contributed by atoms with van der Waals surface area (Å²) in [5.41, 5.74) is 7.59. The van der Waals surface area contributed by atoms with E-state index in [1.807, 2.05) is 13.8 Å². The minimum absolute atomic E-state index is 0.125. The number of benzene rings is 1. The smallest absolute Gasteiger partial charge is 0.170 e. The third-order valence-corrected chi connectivity index (χ3v) is 4.75. The van der Waals surface area contributed by atoms with Crippen LogP contribution in [-0.2, 0) is 14.2 Å². The van der Waals surface area contributed by atoms with Crippen LogP contribution in [0.2, 0.25) is 0 Å². The Labute approximate surface area is 239 Å². The molecule has 0 radical (unpaired) electrons. The van der Waals surface area contributed by atoms with Crippen molar-refractivity contribution >= 4 is 23.0 Å². The van der Waals surface area contributed by atoms with E-state index in [1.165, 1.54) is 0 Å². The Morgan fingerprint density at radius 3 is 2.03 bits per heavy atom. The molecular weight excluding hydrogens is 524 g/mol. The van der Waals surface area contributed by atoms with Crippen molar-refractivity contribution in [2.45, 2.75) is 53.4 Å². The monoisotopic (exact) mass is 576 g/mol. The van der Waals surface area contributed by atoms with Crippen molar-refractivity contribution < 1.29 is 29.7 Å². The molecule has 0 saturated heterocycles. The molecule has 0 unspecified atom stereocenters. The van der Waals surface area contributed by atoms with E-state index < -0.39 is 0 Å². The molecule has 0 fully saturated rings. The number of hydrogen-bond acceptors (Lipinski definition) is 11. The summed E-state index contributed by atoms with van der Waals surface area (Å²) < 4.78 is 16.2. The second-order valence-corrected chi connectivity index (χ2v) is 8.26. The highest BCUT2D eigenvalue weighted by Crippen LogP contribution is 2.13. The van der Waals surface area contributed by atoms with Gasteiger partial charge in [-0.15, -0.1) is 0 Å². The molecule has 39 heavy (non-hydrogen) atoms. The number of ether oxygens (including phenoxy) is 3. The lowest BCUT2D eigenvalue weighted by Crippen LogP contribution is -2.30. The second kappa shape index (κ2) is 28.8. The summed E-state index contributed by atoms with van der Waals surface area (Å²) in [7, 11) is 0. The molecule has 0 saturated carbocycles. The summed E-state index contributed by atoms with van der Waals surface area (Å²) in [6, 6.07) is 6.73. The molecule has 0 aliphatic rings. The fraction of sp³-hybridized carbons (Fsp3) is 0.654. The molecule has 1 aromatic carbocycles. The quantitative estimate of drug-likeness (QED) is 0.0421. The average molecular weight is 577 g/mol. The zero-order chi connectivity index (χ0) is 29.7. The fourth-order valence-electron chi connectivity index (χ4n) is 2.57. The summed E-state index contributed by atoms with van der Waals surface area (Å²) in [5.74, 6) is 6.15. The first kappa shape index (κ1) is 38.9. The first-order valence-corrected chi connectivity index (χ1v) is 13.9. The van der Waals surface area contributed by atoms with Gasteiger partial charge >= 0.3 is 0 Å². The number of rotatable bonds is 19. The topological polar surface area (TPSA) is 171 Å². The van der Waals surface area contributed by atoms with Gasteiger partial charge in [-0.25, -0.2) is 5.84 Å². The Hall–Kier alpha value is -2.23. The molecule has 0 heterocycles. The summed E-state index contributed by atoms with van der Waals surface area (Å²) in [4.78, 5) is 0. The number of allylic oxidation sites excluding steroid dienone is 1. The van der Waals surface area contributed by atoms with E-state index in [0.29, 0.717) is 44.7 Å². The number of anilines is 1. The maximum atomic E-state index is 9.28. The van der Waals surface area contributed by atoms with E-state index in [9.17, 15) is 5.11 Å². The molecule has 228 valence electrons. The predicted octanol–water partition coefficient (Wildman–Crippen LogP) is 3.40. The van der Waals surface area contributed by atoms with Crippen LogP contribution in [0.5, 0.6) is 5.75 Å². The average Bonchev–Trinajstić information content (AvgIpc) is 2.92. The second-order valence-electron chi connectivity index (χ2n) is 7.85. The van der Waals surface area contributed by atoms with Crippen LogP contribution in [-0.4, -0.2) is 90.1 Å². The van der Waals surface area contributed by atoms with E-state index in [0.717, 1.165) is 50.2 Å². The molecule has 1 aromatic rings. The molecule has 12 nitrogen and oxygen atoms in total. The van der Waals surface area contributed by atoms with Crippen molar-refractivity contribution in [2.75, 3.05) is 64.6 Å². The Balaban J connectivity index is 0. The van der Waals surface area contributed by atoms with Crippen molar-refractivity contribution in [1.82, 2.24) is 15.6 Å². The van der Waals surface area contributed by atoms with Crippen molar-refractivity contribution in [1.29, 1.82) is 0 Å². The summed E-state index contributed by atoms with van der Waals surface area (Å²) in [6.45, 7) is 12.8. The first-order chi connectivity index (χ1) is 18.8. The van der Waals surface area contributed by atoms with Gasteiger partial charge in [-0.05, 0) is 69.1 Å². The molecule has 0 aromatic heterocycles. The molecule has 0 spiro atoms. The highest BCUT2D eigenvalue weighted by Gasteiger charge is 2.00. The molecule has 0 bridgehead atoms. The van der Waals surface area contributed by atoms with Gasteiger partial charge in [0.05, 0.1) is 39.6 Å². The summed E-state index contributed by atoms with van der Waals surface area (Å²) in [6.07, 6.45) is 5.35. The lowest BCUT2D eigenvalue weighted by Gasteiger charge is -2.15. The Morgan fingerprint density at radius 1 is 0.949 bits per heavy atom. The van der Waals surface area contributed by atoms with Gasteiger partial charge in [0.25, 0.3) is 0 Å². The third-order valence-electron chi connectivity index (χ3n) is 4.50. The van der Waals surface area contributed by atoms with Crippen LogP contribution >= 0.6 is 12.2 Å². The standard InChI is InChI=1S/C22H39N5O4S.C2H7NO2.C2H6/c1-2-12-29-14-16-31-17-15-30-13-11-27(24)18-19(23)5-3-4-10-25-22(32)26-20-6-8-21(28)9-7-20;1-2-3(4)5;1-2/h6-9,18,28H,2-5,10-17,23-24H2,1H3,(H2,25,26,32);4-5H,2H2,1H3;1-2H3/b19-18-;;. The van der Waals surface area contributed by atoms with E-state index in [4.69, 9.17) is 48.4 Å². The lowest BCUT2D eigenvalue weighted by molar-refractivity contribution is -0.303. The van der Waals surface area contributed by atoms with Crippen LogP contribution in [0.1, 0.15) is 53.4 Å². The van der Waals surface area contributed by atoms with Gasteiger partial charge in [0.15, 0.2) is 5.11 Å².